The van der Waals surface area contributed by atoms with Gasteiger partial charge in [-0.15, -0.1) is 20.5 Å². The first kappa shape index (κ1) is 36.9. The number of non-ortho nitro benzene ring substituents is 2. The van der Waals surface area contributed by atoms with Crippen molar-refractivity contribution < 1.29 is 52.4 Å². The number of fused-ring (bicyclic) bond motifs is 2. The van der Waals surface area contributed by atoms with Crippen LogP contribution in [-0.2, 0) is 22.2 Å². The van der Waals surface area contributed by atoms with Crippen molar-refractivity contribution in [3.63, 3.8) is 0 Å². The number of nitrogens with zero attached hydrogens (tertiary/aromatic N) is 6. The third-order valence-corrected chi connectivity index (χ3v) is 7.04. The van der Waals surface area contributed by atoms with Gasteiger partial charge in [-0.1, -0.05) is 48.5 Å². The zero-order valence-corrected chi connectivity index (χ0v) is 27.5. The van der Waals surface area contributed by atoms with Crippen molar-refractivity contribution in [3.8, 4) is 23.0 Å². The van der Waals surface area contributed by atoms with Crippen LogP contribution < -0.4 is 5.32 Å². The van der Waals surface area contributed by atoms with E-state index in [4.69, 9.17) is 0 Å². The molecule has 6 aromatic carbocycles. The summed E-state index contributed by atoms with van der Waals surface area (Å²) in [4.78, 5) is 31.9. The molecule has 5 N–H and O–H groups in total. The van der Waals surface area contributed by atoms with Gasteiger partial charge in [0.25, 0.3) is 11.4 Å². The summed E-state index contributed by atoms with van der Waals surface area (Å²) in [5.74, 6) is -1.11. The molecule has 0 heterocycles. The van der Waals surface area contributed by atoms with Gasteiger partial charge in [0.15, 0.2) is 0 Å². The van der Waals surface area contributed by atoms with Gasteiger partial charge >= 0.3 is 0 Å². The summed E-state index contributed by atoms with van der Waals surface area (Å²) in [7, 11) is 0. The minimum Gasteiger partial charge on any atom is -0.506 e. The molecule has 256 valence electrons. The Morgan fingerprint density at radius 3 is 1.67 bits per heavy atom. The van der Waals surface area contributed by atoms with Crippen molar-refractivity contribution in [1.29, 1.82) is 0 Å². The van der Waals surface area contributed by atoms with Gasteiger partial charge in [0.05, 0.1) is 15.5 Å². The number of azo groups is 2. The minimum absolute atomic E-state index is 0. The predicted octanol–water partition coefficient (Wildman–Crippen LogP) is 9.11. The minimum atomic E-state index is -0.622. The first-order chi connectivity index (χ1) is 23.9. The monoisotopic (exact) mass is 727 g/mol. The van der Waals surface area contributed by atoms with Gasteiger partial charge in [-0.2, -0.15) is 0 Å². The van der Waals surface area contributed by atoms with Crippen LogP contribution in [-0.4, -0.2) is 36.2 Å². The van der Waals surface area contributed by atoms with Gasteiger partial charge in [0.1, 0.15) is 45.7 Å². The van der Waals surface area contributed by atoms with E-state index in [9.17, 15) is 45.4 Å². The van der Waals surface area contributed by atoms with Crippen molar-refractivity contribution in [2.75, 3.05) is 5.32 Å². The molecule has 0 aliphatic carbocycles. The van der Waals surface area contributed by atoms with E-state index in [-0.39, 0.29) is 80.4 Å². The molecular formula is C34H25CrN7O9. The Morgan fingerprint density at radius 1 is 0.608 bits per heavy atom. The number of amides is 1. The number of hydrogen-bond acceptors (Lipinski definition) is 13. The van der Waals surface area contributed by atoms with Gasteiger partial charge in [0, 0.05) is 59.3 Å². The Kier molecular flexibility index (Phi) is 11.5. The Morgan fingerprint density at radius 2 is 1.10 bits per heavy atom. The van der Waals surface area contributed by atoms with Crippen molar-refractivity contribution in [3.05, 3.63) is 123 Å². The Bertz CT molecular complexity index is 2370. The number of phenolic OH excluding ortho intramolecular Hbond substituents is 4. The number of rotatable bonds is 7. The van der Waals surface area contributed by atoms with Gasteiger partial charge in [0.2, 0.25) is 5.91 Å². The van der Waals surface area contributed by atoms with Crippen LogP contribution in [0.15, 0.2) is 124 Å². The molecule has 6 rings (SSSR count). The van der Waals surface area contributed by atoms with Crippen LogP contribution in [0, 0.1) is 20.2 Å². The van der Waals surface area contributed by atoms with Crippen molar-refractivity contribution in [2.24, 2.45) is 20.5 Å². The summed E-state index contributed by atoms with van der Waals surface area (Å²) in [5.41, 5.74) is 0.0655. The molecule has 0 unspecified atom stereocenters. The maximum Gasteiger partial charge on any atom is 0.271 e. The molecule has 0 aliphatic rings. The summed E-state index contributed by atoms with van der Waals surface area (Å²) < 4.78 is 0. The summed E-state index contributed by atoms with van der Waals surface area (Å²) in [5, 5.41) is 82.4. The molecule has 16 nitrogen and oxygen atoms in total. The van der Waals surface area contributed by atoms with Crippen LogP contribution in [0.25, 0.3) is 21.5 Å². The zero-order valence-electron chi connectivity index (χ0n) is 26.2. The summed E-state index contributed by atoms with van der Waals surface area (Å²) in [6.45, 7) is 1.35. The number of nitro groups is 2. The number of anilines is 1. The van der Waals surface area contributed by atoms with E-state index in [1.165, 1.54) is 31.2 Å². The van der Waals surface area contributed by atoms with Crippen molar-refractivity contribution >= 4 is 67.3 Å². The Hall–Kier alpha value is -6.96. The van der Waals surface area contributed by atoms with Crippen LogP contribution in [0.5, 0.6) is 23.0 Å². The quantitative estimate of drug-likeness (QED) is 0.0597. The molecule has 0 bridgehead atoms. The van der Waals surface area contributed by atoms with Gasteiger partial charge in [-0.25, -0.2) is 0 Å². The van der Waals surface area contributed by atoms with E-state index < -0.39 is 9.85 Å². The standard InChI is InChI=1S/C18H14N4O5.C16H11N3O4.Cr/c1-10(23)19-13-4-2-3-11-5-7-16(25)18(17(11)13)21-20-14-9-12(22(26)27)6-8-15(14)24;20-14-8-6-11(19(22)23)9-13(14)17-18-16-12-4-2-1-3-10(12)5-7-15(16)21;/h2-9,24-25H,1H3,(H,19,23);1-9,20-21H;. The molecular weight excluding hydrogens is 702 g/mol. The van der Waals surface area contributed by atoms with Crippen LogP contribution in [0.2, 0.25) is 0 Å². The van der Waals surface area contributed by atoms with Crippen LogP contribution in [0.4, 0.5) is 39.8 Å². The number of aromatic hydroxyl groups is 4. The van der Waals surface area contributed by atoms with Crippen LogP contribution in [0.3, 0.4) is 0 Å². The van der Waals surface area contributed by atoms with E-state index in [1.54, 1.807) is 42.5 Å². The fourth-order valence-corrected chi connectivity index (χ4v) is 4.71. The van der Waals surface area contributed by atoms with Crippen molar-refractivity contribution in [2.45, 2.75) is 6.92 Å². The molecule has 0 spiro atoms. The number of carbonyl (C=O) groups is 1. The first-order valence-electron chi connectivity index (χ1n) is 14.4. The average molecular weight is 728 g/mol. The second kappa shape index (κ2) is 16.0. The van der Waals surface area contributed by atoms with Crippen LogP contribution in [0.1, 0.15) is 6.92 Å². The molecule has 17 heteroatoms. The van der Waals surface area contributed by atoms with Crippen molar-refractivity contribution in [1.82, 2.24) is 0 Å². The zero-order chi connectivity index (χ0) is 35.9. The Balaban J connectivity index is 0.000000227. The maximum atomic E-state index is 11.5. The average Bonchev–Trinajstić information content (AvgIpc) is 3.08. The number of hydrogen-bond donors (Lipinski definition) is 5. The maximum absolute atomic E-state index is 11.5. The molecule has 0 saturated carbocycles. The van der Waals surface area contributed by atoms with Gasteiger partial charge < -0.3 is 25.7 Å². The topological polar surface area (TPSA) is 246 Å². The summed E-state index contributed by atoms with van der Waals surface area (Å²) in [6.07, 6.45) is 0. The summed E-state index contributed by atoms with van der Waals surface area (Å²) in [6, 6.07) is 25.5. The normalized spacial score (nSPS) is 10.8. The fraction of sp³-hybridized carbons (Fsp3) is 0.0294. The molecule has 0 fully saturated rings. The number of nitro benzene ring substituents is 2. The van der Waals surface area contributed by atoms with E-state index in [0.717, 1.165) is 29.7 Å². The first-order valence-corrected chi connectivity index (χ1v) is 14.4. The molecule has 0 saturated heterocycles. The molecule has 51 heavy (non-hydrogen) atoms. The number of phenols is 4. The smallest absolute Gasteiger partial charge is 0.271 e. The molecule has 0 atom stereocenters. The second-order valence-corrected chi connectivity index (χ2v) is 10.4. The van der Waals surface area contributed by atoms with E-state index in [2.05, 4.69) is 25.8 Å². The molecule has 1 amide bonds. The third-order valence-electron chi connectivity index (χ3n) is 7.04. The van der Waals surface area contributed by atoms with Crippen LogP contribution >= 0.6 is 0 Å². The van der Waals surface area contributed by atoms with E-state index in [0.29, 0.717) is 21.8 Å². The largest absolute Gasteiger partial charge is 0.506 e. The Labute approximate surface area is 298 Å². The van der Waals surface area contributed by atoms with E-state index >= 15 is 0 Å². The SMILES string of the molecule is CC(=O)Nc1cccc2ccc(O)c(N=Nc3cc([N+](=O)[O-])ccc3O)c12.O=[N+]([O-])c1ccc(O)c(N=Nc2c(O)ccc3ccccc23)c1.[Cr]. The third kappa shape index (κ3) is 8.56. The second-order valence-electron chi connectivity index (χ2n) is 10.4. The van der Waals surface area contributed by atoms with E-state index in [1.807, 2.05) is 12.1 Å². The fourth-order valence-electron chi connectivity index (χ4n) is 4.71. The van der Waals surface area contributed by atoms with Gasteiger partial charge in [-0.05, 0) is 41.1 Å². The molecule has 0 radical (unpaired) electrons. The molecule has 6 aromatic rings. The number of nitrogens with one attached hydrogen (secondary N) is 1. The van der Waals surface area contributed by atoms with Gasteiger partial charge in [-0.3, -0.25) is 25.0 Å². The molecule has 0 aromatic heterocycles. The number of carbonyl (C=O) groups excluding carboxylic acids is 1. The molecule has 0 aliphatic heterocycles. The summed E-state index contributed by atoms with van der Waals surface area (Å²) >= 11 is 0. The number of benzene rings is 6. The predicted molar refractivity (Wildman–Crippen MR) is 183 cm³/mol.